The third-order valence-corrected chi connectivity index (χ3v) is 3.70. The third-order valence-electron chi connectivity index (χ3n) is 3.70. The van der Waals surface area contributed by atoms with Crippen LogP contribution in [0.4, 0.5) is 0 Å². The van der Waals surface area contributed by atoms with E-state index in [9.17, 15) is 0 Å². The normalized spacial score (nSPS) is 30.0. The highest BCUT2D eigenvalue weighted by Gasteiger charge is 2.20. The highest BCUT2D eigenvalue weighted by atomic mass is 16.5. The molecule has 0 radical (unpaired) electrons. The second-order valence-corrected chi connectivity index (χ2v) is 5.01. The average Bonchev–Trinajstić information content (AvgIpc) is 2.88. The lowest BCUT2D eigenvalue weighted by Gasteiger charge is -2.28. The summed E-state index contributed by atoms with van der Waals surface area (Å²) in [7, 11) is 0. The van der Waals surface area contributed by atoms with Crippen molar-refractivity contribution in [3.8, 4) is 0 Å². The number of hydrogen-bond donors (Lipinski definition) is 1. The zero-order valence-corrected chi connectivity index (χ0v) is 11.0. The van der Waals surface area contributed by atoms with Crippen LogP contribution in [0.1, 0.15) is 26.2 Å². The van der Waals surface area contributed by atoms with Gasteiger partial charge in [0.15, 0.2) is 0 Å². The fraction of sp³-hybridized carbons (Fsp3) is 1.00. The van der Waals surface area contributed by atoms with Crippen LogP contribution in [-0.2, 0) is 9.47 Å². The molecule has 4 nitrogen and oxygen atoms in total. The van der Waals surface area contributed by atoms with Gasteiger partial charge in [-0.15, -0.1) is 0 Å². The zero-order valence-electron chi connectivity index (χ0n) is 11.0. The van der Waals surface area contributed by atoms with Crippen molar-refractivity contribution in [2.75, 3.05) is 45.9 Å². The second kappa shape index (κ2) is 7.31. The van der Waals surface area contributed by atoms with Crippen molar-refractivity contribution in [3.05, 3.63) is 0 Å². The molecule has 0 saturated carbocycles. The standard InChI is InChI=1S/C13H26N2O2/c1-2-15(11-13-4-3-8-16-13)7-5-12-10-14-6-9-17-12/h12-14H,2-11H2,1H3. The number of likely N-dealkylation sites (N-methyl/N-ethyl adjacent to an activating group) is 1. The van der Waals surface area contributed by atoms with Crippen molar-refractivity contribution in [3.63, 3.8) is 0 Å². The highest BCUT2D eigenvalue weighted by Crippen LogP contribution is 2.14. The minimum atomic E-state index is 0.405. The van der Waals surface area contributed by atoms with Crippen LogP contribution in [-0.4, -0.2) is 63.0 Å². The van der Waals surface area contributed by atoms with Crippen LogP contribution < -0.4 is 5.32 Å². The first-order valence-corrected chi connectivity index (χ1v) is 7.04. The Labute approximate surface area is 105 Å². The van der Waals surface area contributed by atoms with Gasteiger partial charge in [-0.3, -0.25) is 0 Å². The molecule has 0 aromatic rings. The van der Waals surface area contributed by atoms with Crippen molar-refractivity contribution < 1.29 is 9.47 Å². The molecule has 0 spiro atoms. The van der Waals surface area contributed by atoms with E-state index < -0.39 is 0 Å². The van der Waals surface area contributed by atoms with Crippen LogP contribution in [0.2, 0.25) is 0 Å². The van der Waals surface area contributed by atoms with Crippen LogP contribution in [0, 0.1) is 0 Å². The van der Waals surface area contributed by atoms with Gasteiger partial charge >= 0.3 is 0 Å². The van der Waals surface area contributed by atoms with Crippen LogP contribution in [0.15, 0.2) is 0 Å². The maximum absolute atomic E-state index is 5.72. The molecule has 17 heavy (non-hydrogen) atoms. The van der Waals surface area contributed by atoms with E-state index in [0.717, 1.165) is 52.4 Å². The van der Waals surface area contributed by atoms with E-state index in [-0.39, 0.29) is 0 Å². The Balaban J connectivity index is 1.63. The van der Waals surface area contributed by atoms with Gasteiger partial charge in [0.2, 0.25) is 0 Å². The summed E-state index contributed by atoms with van der Waals surface area (Å²) in [6.07, 6.45) is 4.48. The predicted octanol–water partition coefficient (Wildman–Crippen LogP) is 0.866. The molecule has 0 aliphatic carbocycles. The summed E-state index contributed by atoms with van der Waals surface area (Å²) < 4.78 is 11.4. The maximum Gasteiger partial charge on any atom is 0.0712 e. The van der Waals surface area contributed by atoms with E-state index in [1.54, 1.807) is 0 Å². The lowest BCUT2D eigenvalue weighted by Crippen LogP contribution is -2.41. The fourth-order valence-corrected chi connectivity index (χ4v) is 2.59. The molecule has 2 rings (SSSR count). The SMILES string of the molecule is CCN(CCC1CNCCO1)CC1CCCO1. The van der Waals surface area contributed by atoms with Crippen LogP contribution in [0.5, 0.6) is 0 Å². The number of rotatable bonds is 6. The highest BCUT2D eigenvalue weighted by molar-refractivity contribution is 4.73. The Bertz CT molecular complexity index is 202. The van der Waals surface area contributed by atoms with Crippen molar-refractivity contribution in [2.24, 2.45) is 0 Å². The predicted molar refractivity (Wildman–Crippen MR) is 68.3 cm³/mol. The lowest BCUT2D eigenvalue weighted by atomic mass is 10.2. The molecule has 0 bridgehead atoms. The molecule has 0 amide bonds. The summed E-state index contributed by atoms with van der Waals surface area (Å²) in [6.45, 7) is 9.40. The Morgan fingerprint density at radius 3 is 2.76 bits per heavy atom. The molecule has 1 N–H and O–H groups in total. The van der Waals surface area contributed by atoms with E-state index in [4.69, 9.17) is 9.47 Å². The van der Waals surface area contributed by atoms with Gasteiger partial charge in [0.1, 0.15) is 0 Å². The van der Waals surface area contributed by atoms with Gasteiger partial charge in [0, 0.05) is 32.8 Å². The quantitative estimate of drug-likeness (QED) is 0.749. The molecule has 0 aromatic carbocycles. The molecule has 2 saturated heterocycles. The van der Waals surface area contributed by atoms with Crippen molar-refractivity contribution in [1.82, 2.24) is 10.2 Å². The first-order chi connectivity index (χ1) is 8.38. The lowest BCUT2D eigenvalue weighted by molar-refractivity contribution is 0.0128. The number of morpholine rings is 1. The molecule has 0 aromatic heterocycles. The van der Waals surface area contributed by atoms with E-state index >= 15 is 0 Å². The van der Waals surface area contributed by atoms with Gasteiger partial charge in [-0.1, -0.05) is 6.92 Å². The van der Waals surface area contributed by atoms with E-state index in [1.165, 1.54) is 12.8 Å². The minimum Gasteiger partial charge on any atom is -0.377 e. The first kappa shape index (κ1) is 13.3. The number of nitrogens with zero attached hydrogens (tertiary/aromatic N) is 1. The number of ether oxygens (including phenoxy) is 2. The molecule has 2 heterocycles. The Hall–Kier alpha value is -0.160. The fourth-order valence-electron chi connectivity index (χ4n) is 2.59. The summed E-state index contributed by atoms with van der Waals surface area (Å²) in [5, 5.41) is 3.38. The molecular weight excluding hydrogens is 216 g/mol. The average molecular weight is 242 g/mol. The van der Waals surface area contributed by atoms with Crippen molar-refractivity contribution >= 4 is 0 Å². The topological polar surface area (TPSA) is 33.7 Å². The van der Waals surface area contributed by atoms with Crippen molar-refractivity contribution in [1.29, 1.82) is 0 Å². The molecule has 2 fully saturated rings. The molecule has 2 aliphatic rings. The molecular formula is C13H26N2O2. The van der Waals surface area contributed by atoms with E-state index in [1.807, 2.05) is 0 Å². The van der Waals surface area contributed by atoms with Crippen LogP contribution in [0.3, 0.4) is 0 Å². The summed E-state index contributed by atoms with van der Waals surface area (Å²) in [5.41, 5.74) is 0. The summed E-state index contributed by atoms with van der Waals surface area (Å²) in [6, 6.07) is 0. The number of nitrogens with one attached hydrogen (secondary N) is 1. The second-order valence-electron chi connectivity index (χ2n) is 5.01. The Kier molecular flexibility index (Phi) is 5.71. The third kappa shape index (κ3) is 4.54. The van der Waals surface area contributed by atoms with Crippen LogP contribution >= 0.6 is 0 Å². The molecule has 2 aliphatic heterocycles. The number of hydrogen-bond acceptors (Lipinski definition) is 4. The first-order valence-electron chi connectivity index (χ1n) is 7.04. The van der Waals surface area contributed by atoms with Gasteiger partial charge in [0.05, 0.1) is 18.8 Å². The van der Waals surface area contributed by atoms with Gasteiger partial charge in [-0.2, -0.15) is 0 Å². The monoisotopic (exact) mass is 242 g/mol. The zero-order chi connectivity index (χ0) is 11.9. The van der Waals surface area contributed by atoms with Crippen molar-refractivity contribution in [2.45, 2.75) is 38.4 Å². The van der Waals surface area contributed by atoms with Gasteiger partial charge in [0.25, 0.3) is 0 Å². The van der Waals surface area contributed by atoms with Gasteiger partial charge in [-0.05, 0) is 25.8 Å². The minimum absolute atomic E-state index is 0.405. The van der Waals surface area contributed by atoms with Gasteiger partial charge in [-0.25, -0.2) is 0 Å². The maximum atomic E-state index is 5.72. The van der Waals surface area contributed by atoms with Crippen LogP contribution in [0.25, 0.3) is 0 Å². The summed E-state index contributed by atoms with van der Waals surface area (Å²) in [5.74, 6) is 0. The summed E-state index contributed by atoms with van der Waals surface area (Å²) in [4.78, 5) is 2.49. The molecule has 4 heteroatoms. The Morgan fingerprint density at radius 2 is 2.12 bits per heavy atom. The molecule has 2 unspecified atom stereocenters. The Morgan fingerprint density at radius 1 is 1.24 bits per heavy atom. The van der Waals surface area contributed by atoms with Gasteiger partial charge < -0.3 is 19.7 Å². The summed E-state index contributed by atoms with van der Waals surface area (Å²) >= 11 is 0. The molecule has 2 atom stereocenters. The molecule has 100 valence electrons. The largest absolute Gasteiger partial charge is 0.377 e. The smallest absolute Gasteiger partial charge is 0.0712 e. The van der Waals surface area contributed by atoms with E-state index in [2.05, 4.69) is 17.1 Å². The van der Waals surface area contributed by atoms with E-state index in [0.29, 0.717) is 12.2 Å².